The Morgan fingerprint density at radius 3 is 2.14 bits per heavy atom. The van der Waals surface area contributed by atoms with Crippen LogP contribution in [0.5, 0.6) is 0 Å². The molecule has 158 valence electrons. The third kappa shape index (κ3) is 4.96. The number of aromatic nitrogens is 2. The first kappa shape index (κ1) is 23.3. The first-order valence-corrected chi connectivity index (χ1v) is 7.33. The van der Waals surface area contributed by atoms with Crippen LogP contribution in [-0.2, 0) is 14.3 Å². The quantitative estimate of drug-likeness (QED) is 0.250. The topological polar surface area (TPSA) is 226 Å². The second kappa shape index (κ2) is 8.98. The molecule has 1 aromatic heterocycles. The molecule has 5 atom stereocenters. The largest absolute Gasteiger partial charge is 0.479 e. The highest BCUT2D eigenvalue weighted by atomic mass is 19.3. The van der Waals surface area contributed by atoms with Crippen molar-refractivity contribution in [3.05, 3.63) is 22.7 Å². The number of carbonyl (C=O) groups is 2. The number of halogens is 2. The minimum absolute atomic E-state index is 0.114. The number of hydrogen-bond donors (Lipinski definition) is 7. The number of carboxylic acids is 2. The second-order valence-electron chi connectivity index (χ2n) is 5.44. The van der Waals surface area contributed by atoms with Gasteiger partial charge in [-0.25, -0.2) is 14.4 Å². The van der Waals surface area contributed by atoms with Crippen molar-refractivity contribution in [1.29, 1.82) is 0 Å². The van der Waals surface area contributed by atoms with E-state index < -0.39 is 60.8 Å². The lowest BCUT2D eigenvalue weighted by Crippen LogP contribution is -2.41. The highest BCUT2D eigenvalue weighted by Crippen LogP contribution is 2.41. The van der Waals surface area contributed by atoms with Gasteiger partial charge < -0.3 is 41.1 Å². The highest BCUT2D eigenvalue weighted by molar-refractivity contribution is 5.83. The fourth-order valence-corrected chi connectivity index (χ4v) is 1.99. The summed E-state index contributed by atoms with van der Waals surface area (Å²) in [4.78, 5) is 34.3. The number of anilines is 1. The molecule has 0 amide bonds. The zero-order chi connectivity index (χ0) is 21.8. The molecule has 2 unspecified atom stereocenters. The van der Waals surface area contributed by atoms with E-state index in [1.807, 2.05) is 0 Å². The van der Waals surface area contributed by atoms with E-state index in [0.717, 1.165) is 12.3 Å². The summed E-state index contributed by atoms with van der Waals surface area (Å²) in [7, 11) is 0. The van der Waals surface area contributed by atoms with Crippen molar-refractivity contribution in [1.82, 2.24) is 9.55 Å². The van der Waals surface area contributed by atoms with Crippen LogP contribution in [0.25, 0.3) is 0 Å². The van der Waals surface area contributed by atoms with E-state index >= 15 is 0 Å². The van der Waals surface area contributed by atoms with Gasteiger partial charge in [-0.3, -0.25) is 4.57 Å². The average molecular weight is 413 g/mol. The number of hydrogen-bond acceptors (Lipinski definition) is 10. The number of nitrogens with two attached hydrogens (primary N) is 1. The molecule has 0 saturated carbocycles. The lowest BCUT2D eigenvalue weighted by atomic mass is 10.1. The Bertz CT molecular complexity index is 755. The monoisotopic (exact) mass is 413 g/mol. The molecule has 0 radical (unpaired) electrons. The fourth-order valence-electron chi connectivity index (χ4n) is 1.99. The molecule has 0 bridgehead atoms. The van der Waals surface area contributed by atoms with Crippen LogP contribution in [0.2, 0.25) is 0 Å². The molecule has 13 nitrogen and oxygen atoms in total. The van der Waals surface area contributed by atoms with Gasteiger partial charge in [0.05, 0.1) is 6.61 Å². The number of rotatable bonds is 5. The first-order chi connectivity index (χ1) is 12.8. The number of alkyl halides is 2. The summed E-state index contributed by atoms with van der Waals surface area (Å²) >= 11 is 0. The number of nitrogen functional groups attached to an aromatic ring is 1. The molecule has 1 aromatic rings. The molecule has 2 rings (SSSR count). The SMILES string of the molecule is Nc1ccn([C@@H]2O[C@H](CO)[C@@H](O)C2(F)F)c(=O)n1.O=C(O)C(O)C(O)C(=O)O. The predicted octanol–water partition coefficient (Wildman–Crippen LogP) is -3.41. The third-order valence-electron chi connectivity index (χ3n) is 3.47. The maximum Gasteiger partial charge on any atom is 0.351 e. The minimum Gasteiger partial charge on any atom is -0.479 e. The van der Waals surface area contributed by atoms with Crippen molar-refractivity contribution in [2.24, 2.45) is 0 Å². The summed E-state index contributed by atoms with van der Waals surface area (Å²) in [6.07, 6.45) is -9.22. The molecule has 1 aliphatic heterocycles. The zero-order valence-corrected chi connectivity index (χ0v) is 13.8. The van der Waals surface area contributed by atoms with Gasteiger partial charge in [0.25, 0.3) is 0 Å². The Morgan fingerprint density at radius 2 is 1.79 bits per heavy atom. The molecule has 0 aromatic carbocycles. The maximum atomic E-state index is 13.7. The fraction of sp³-hybridized carbons (Fsp3) is 0.538. The molecule has 0 spiro atoms. The van der Waals surface area contributed by atoms with Gasteiger partial charge in [-0.15, -0.1) is 0 Å². The minimum atomic E-state index is -3.71. The van der Waals surface area contributed by atoms with E-state index in [1.165, 1.54) is 0 Å². The van der Waals surface area contributed by atoms with Crippen molar-refractivity contribution in [2.45, 2.75) is 36.6 Å². The Labute approximate surface area is 153 Å². The number of aliphatic hydroxyl groups is 4. The standard InChI is InChI=1S/C9H11F2N3O4.C4H6O6/c10-9(11)6(16)4(3-15)18-7(9)14-2-1-5(12)13-8(14)17;5-1(3(7)8)2(6)4(9)10/h1-2,4,6-7,15-16H,3H2,(H2,12,13,17);1-2,5-6H,(H,7,8)(H,9,10)/t4-,6-,7-;/m1./s1. The molecule has 15 heteroatoms. The second-order valence-corrected chi connectivity index (χ2v) is 5.44. The highest BCUT2D eigenvalue weighted by Gasteiger charge is 2.59. The molecule has 8 N–H and O–H groups in total. The number of aliphatic hydroxyl groups excluding tert-OH is 4. The molecule has 28 heavy (non-hydrogen) atoms. The van der Waals surface area contributed by atoms with Gasteiger partial charge in [-0.1, -0.05) is 0 Å². The van der Waals surface area contributed by atoms with E-state index in [1.54, 1.807) is 0 Å². The van der Waals surface area contributed by atoms with Crippen molar-refractivity contribution in [2.75, 3.05) is 12.3 Å². The summed E-state index contributed by atoms with van der Waals surface area (Å²) in [6, 6.07) is 1.15. The molecule has 0 aliphatic carbocycles. The lowest BCUT2D eigenvalue weighted by Gasteiger charge is -2.20. The van der Waals surface area contributed by atoms with Gasteiger partial charge in [0.1, 0.15) is 11.9 Å². The van der Waals surface area contributed by atoms with Crippen LogP contribution in [0.1, 0.15) is 6.23 Å². The van der Waals surface area contributed by atoms with E-state index in [2.05, 4.69) is 4.98 Å². The molecule has 1 aliphatic rings. The number of carboxylic acid groups (broad SMARTS) is 2. The first-order valence-electron chi connectivity index (χ1n) is 7.33. The Kier molecular flexibility index (Phi) is 7.48. The summed E-state index contributed by atoms with van der Waals surface area (Å²) < 4.78 is 32.7. The Morgan fingerprint density at radius 1 is 1.29 bits per heavy atom. The predicted molar refractivity (Wildman–Crippen MR) is 82.1 cm³/mol. The smallest absolute Gasteiger partial charge is 0.351 e. The third-order valence-corrected chi connectivity index (χ3v) is 3.47. The zero-order valence-electron chi connectivity index (χ0n) is 13.8. The van der Waals surface area contributed by atoms with Crippen molar-refractivity contribution >= 4 is 17.8 Å². The van der Waals surface area contributed by atoms with Crippen molar-refractivity contribution in [3.8, 4) is 0 Å². The van der Waals surface area contributed by atoms with Crippen molar-refractivity contribution in [3.63, 3.8) is 0 Å². The maximum absolute atomic E-state index is 13.7. The van der Waals surface area contributed by atoms with Gasteiger partial charge in [0.2, 0.25) is 6.23 Å². The van der Waals surface area contributed by atoms with Gasteiger partial charge in [-0.2, -0.15) is 13.8 Å². The summed E-state index contributed by atoms with van der Waals surface area (Å²) in [6.45, 7) is -0.787. The van der Waals surface area contributed by atoms with E-state index in [0.29, 0.717) is 4.57 Å². The normalized spacial score (nSPS) is 25.3. The van der Waals surface area contributed by atoms with Gasteiger partial charge in [0, 0.05) is 6.20 Å². The molecular formula is C13H17F2N3O10. The number of ether oxygens (including phenoxy) is 1. The number of aliphatic carboxylic acids is 2. The van der Waals surface area contributed by atoms with Crippen LogP contribution < -0.4 is 11.4 Å². The Hall–Kier alpha value is -2.72. The van der Waals surface area contributed by atoms with Crippen LogP contribution in [-0.4, -0.2) is 89.1 Å². The van der Waals surface area contributed by atoms with E-state index in [9.17, 15) is 28.3 Å². The summed E-state index contributed by atoms with van der Waals surface area (Å²) in [5.74, 6) is -7.36. The molecule has 2 heterocycles. The van der Waals surface area contributed by atoms with Gasteiger partial charge in [-0.05, 0) is 6.07 Å². The van der Waals surface area contributed by atoms with Crippen LogP contribution in [0.4, 0.5) is 14.6 Å². The molecular weight excluding hydrogens is 396 g/mol. The van der Waals surface area contributed by atoms with Crippen LogP contribution >= 0.6 is 0 Å². The Balaban J connectivity index is 0.000000336. The van der Waals surface area contributed by atoms with Gasteiger partial charge in [0.15, 0.2) is 18.3 Å². The van der Waals surface area contributed by atoms with Crippen molar-refractivity contribution < 1.29 is 53.7 Å². The summed E-state index contributed by atoms with van der Waals surface area (Å²) in [5.41, 5.74) is 4.21. The average Bonchev–Trinajstić information content (AvgIpc) is 2.84. The summed E-state index contributed by atoms with van der Waals surface area (Å²) in [5, 5.41) is 50.6. The molecule has 1 saturated heterocycles. The van der Waals surface area contributed by atoms with E-state index in [-0.39, 0.29) is 5.82 Å². The van der Waals surface area contributed by atoms with E-state index in [4.69, 9.17) is 36.0 Å². The van der Waals surface area contributed by atoms with Gasteiger partial charge >= 0.3 is 23.6 Å². The van der Waals surface area contributed by atoms with Crippen LogP contribution in [0.15, 0.2) is 17.1 Å². The van der Waals surface area contributed by atoms with Crippen LogP contribution in [0, 0.1) is 0 Å². The van der Waals surface area contributed by atoms with Crippen LogP contribution in [0.3, 0.4) is 0 Å². The lowest BCUT2D eigenvalue weighted by molar-refractivity contribution is -0.165. The molecule has 1 fully saturated rings. The number of nitrogens with zero attached hydrogens (tertiary/aromatic N) is 2.